The van der Waals surface area contributed by atoms with Crippen LogP contribution in [0, 0.1) is 5.92 Å². The Bertz CT molecular complexity index is 381. The van der Waals surface area contributed by atoms with Crippen LogP contribution in [0.5, 0.6) is 0 Å². The Labute approximate surface area is 102 Å². The number of rotatable bonds is 4. The summed E-state index contributed by atoms with van der Waals surface area (Å²) >= 11 is 0. The Morgan fingerprint density at radius 1 is 1.53 bits per heavy atom. The zero-order valence-corrected chi connectivity index (χ0v) is 10.3. The van der Waals surface area contributed by atoms with E-state index in [1.165, 1.54) is 31.9 Å². The smallest absolute Gasteiger partial charge is 0.256 e. The fourth-order valence-electron chi connectivity index (χ4n) is 2.48. The van der Waals surface area contributed by atoms with Gasteiger partial charge in [0.05, 0.1) is 12.1 Å². The number of carbonyl (C=O) groups excluding carboxylic acids is 1. The third-order valence-electron chi connectivity index (χ3n) is 3.46. The van der Waals surface area contributed by atoms with Crippen LogP contribution in [0.2, 0.25) is 0 Å². The molecule has 0 spiro atoms. The van der Waals surface area contributed by atoms with Crippen LogP contribution in [0.3, 0.4) is 0 Å². The quantitative estimate of drug-likeness (QED) is 0.869. The van der Waals surface area contributed by atoms with Gasteiger partial charge in [-0.25, -0.2) is 0 Å². The number of hydrogen-bond donors (Lipinski definition) is 1. The van der Waals surface area contributed by atoms with Crippen molar-refractivity contribution in [2.45, 2.75) is 32.2 Å². The van der Waals surface area contributed by atoms with Crippen molar-refractivity contribution in [3.63, 3.8) is 0 Å². The van der Waals surface area contributed by atoms with Crippen LogP contribution in [0.4, 0.5) is 0 Å². The Kier molecular flexibility index (Phi) is 3.84. The lowest BCUT2D eigenvalue weighted by molar-refractivity contribution is 0.0772. The Morgan fingerprint density at radius 3 is 2.82 bits per heavy atom. The highest BCUT2D eigenvalue weighted by Crippen LogP contribution is 2.25. The Hall–Kier alpha value is -1.29. The van der Waals surface area contributed by atoms with Crippen molar-refractivity contribution in [2.75, 3.05) is 13.6 Å². The molecule has 1 aromatic heterocycles. The second kappa shape index (κ2) is 5.36. The van der Waals surface area contributed by atoms with E-state index in [1.807, 2.05) is 7.05 Å². The summed E-state index contributed by atoms with van der Waals surface area (Å²) in [6, 6.07) is 1.73. The predicted octanol–water partition coefficient (Wildman–Crippen LogP) is 2.00. The minimum Gasteiger partial charge on any atom is -0.467 e. The van der Waals surface area contributed by atoms with E-state index in [4.69, 9.17) is 10.2 Å². The minimum atomic E-state index is 0.0281. The van der Waals surface area contributed by atoms with E-state index in [9.17, 15) is 4.79 Å². The van der Waals surface area contributed by atoms with Gasteiger partial charge in [0.1, 0.15) is 12.0 Å². The fraction of sp³-hybridized carbons (Fsp3) is 0.615. The van der Waals surface area contributed by atoms with Gasteiger partial charge in [-0.1, -0.05) is 12.8 Å². The van der Waals surface area contributed by atoms with Gasteiger partial charge in [0.2, 0.25) is 0 Å². The van der Waals surface area contributed by atoms with Gasteiger partial charge in [-0.3, -0.25) is 4.79 Å². The first-order chi connectivity index (χ1) is 8.20. The molecule has 1 aromatic rings. The molecule has 1 saturated carbocycles. The highest BCUT2D eigenvalue weighted by molar-refractivity contribution is 5.93. The number of nitrogens with zero attached hydrogens (tertiary/aromatic N) is 1. The zero-order chi connectivity index (χ0) is 12.3. The molecule has 0 radical (unpaired) electrons. The molecular weight excluding hydrogens is 216 g/mol. The van der Waals surface area contributed by atoms with Crippen LogP contribution in [0.25, 0.3) is 0 Å². The van der Waals surface area contributed by atoms with Crippen molar-refractivity contribution in [3.8, 4) is 0 Å². The number of carbonyl (C=O) groups is 1. The van der Waals surface area contributed by atoms with Gasteiger partial charge in [0.15, 0.2) is 0 Å². The average Bonchev–Trinajstić information content (AvgIpc) is 2.98. The van der Waals surface area contributed by atoms with Gasteiger partial charge < -0.3 is 15.1 Å². The molecule has 4 nitrogen and oxygen atoms in total. The standard InChI is InChI=1S/C13H20N2O2/c1-15(8-10-4-2-3-5-10)13(16)11-6-12(7-14)17-9-11/h6,9-10H,2-5,7-8,14H2,1H3. The number of nitrogens with two attached hydrogens (primary N) is 1. The van der Waals surface area contributed by atoms with Gasteiger partial charge in [-0.2, -0.15) is 0 Å². The second-order valence-corrected chi connectivity index (χ2v) is 4.84. The zero-order valence-electron chi connectivity index (χ0n) is 10.3. The number of hydrogen-bond acceptors (Lipinski definition) is 3. The molecule has 0 saturated heterocycles. The van der Waals surface area contributed by atoms with Crippen LogP contribution in [-0.4, -0.2) is 24.4 Å². The van der Waals surface area contributed by atoms with E-state index < -0.39 is 0 Å². The van der Waals surface area contributed by atoms with E-state index >= 15 is 0 Å². The summed E-state index contributed by atoms with van der Waals surface area (Å²) < 4.78 is 5.18. The van der Waals surface area contributed by atoms with Crippen LogP contribution >= 0.6 is 0 Å². The molecule has 0 atom stereocenters. The number of furan rings is 1. The molecule has 4 heteroatoms. The topological polar surface area (TPSA) is 59.5 Å². The molecule has 1 heterocycles. The molecule has 2 N–H and O–H groups in total. The van der Waals surface area contributed by atoms with Crippen LogP contribution in [-0.2, 0) is 6.54 Å². The maximum atomic E-state index is 12.1. The van der Waals surface area contributed by atoms with Gasteiger partial charge in [-0.05, 0) is 24.8 Å². The van der Waals surface area contributed by atoms with Gasteiger partial charge in [-0.15, -0.1) is 0 Å². The van der Waals surface area contributed by atoms with Crippen molar-refractivity contribution in [1.82, 2.24) is 4.90 Å². The van der Waals surface area contributed by atoms with Gasteiger partial charge in [0.25, 0.3) is 5.91 Å². The van der Waals surface area contributed by atoms with E-state index in [-0.39, 0.29) is 5.91 Å². The highest BCUT2D eigenvalue weighted by atomic mass is 16.3. The summed E-state index contributed by atoms with van der Waals surface area (Å²) in [4.78, 5) is 13.9. The molecule has 0 aromatic carbocycles. The van der Waals surface area contributed by atoms with Crippen molar-refractivity contribution in [1.29, 1.82) is 0 Å². The molecule has 1 fully saturated rings. The molecule has 0 bridgehead atoms. The predicted molar refractivity (Wildman–Crippen MR) is 65.5 cm³/mol. The third-order valence-corrected chi connectivity index (χ3v) is 3.46. The summed E-state index contributed by atoms with van der Waals surface area (Å²) in [6.45, 7) is 1.18. The molecule has 2 rings (SSSR count). The molecule has 1 amide bonds. The summed E-state index contributed by atoms with van der Waals surface area (Å²) in [5, 5.41) is 0. The highest BCUT2D eigenvalue weighted by Gasteiger charge is 2.21. The van der Waals surface area contributed by atoms with E-state index in [0.29, 0.717) is 23.8 Å². The largest absolute Gasteiger partial charge is 0.467 e. The normalized spacial score (nSPS) is 16.4. The van der Waals surface area contributed by atoms with Crippen LogP contribution in [0.15, 0.2) is 16.7 Å². The monoisotopic (exact) mass is 236 g/mol. The van der Waals surface area contributed by atoms with Crippen LogP contribution in [0.1, 0.15) is 41.8 Å². The van der Waals surface area contributed by atoms with Crippen molar-refractivity contribution < 1.29 is 9.21 Å². The summed E-state index contributed by atoms with van der Waals surface area (Å²) in [5.41, 5.74) is 6.06. The lowest BCUT2D eigenvalue weighted by Gasteiger charge is -2.20. The first kappa shape index (κ1) is 12.2. The second-order valence-electron chi connectivity index (χ2n) is 4.84. The van der Waals surface area contributed by atoms with E-state index in [0.717, 1.165) is 6.54 Å². The lowest BCUT2D eigenvalue weighted by Crippen LogP contribution is -2.30. The van der Waals surface area contributed by atoms with Gasteiger partial charge >= 0.3 is 0 Å². The summed E-state index contributed by atoms with van der Waals surface area (Å²) in [5.74, 6) is 1.35. The minimum absolute atomic E-state index is 0.0281. The fourth-order valence-corrected chi connectivity index (χ4v) is 2.48. The molecule has 0 unspecified atom stereocenters. The van der Waals surface area contributed by atoms with Gasteiger partial charge in [0, 0.05) is 13.6 Å². The summed E-state index contributed by atoms with van der Waals surface area (Å²) in [7, 11) is 1.86. The first-order valence-electron chi connectivity index (χ1n) is 6.23. The lowest BCUT2D eigenvalue weighted by atomic mass is 10.1. The van der Waals surface area contributed by atoms with E-state index in [1.54, 1.807) is 11.0 Å². The van der Waals surface area contributed by atoms with Crippen LogP contribution < -0.4 is 5.73 Å². The molecule has 1 aliphatic rings. The SMILES string of the molecule is CN(CC1CCCC1)C(=O)c1coc(CN)c1. The average molecular weight is 236 g/mol. The molecule has 94 valence electrons. The Morgan fingerprint density at radius 2 is 2.24 bits per heavy atom. The number of amides is 1. The molecular formula is C13H20N2O2. The third kappa shape index (κ3) is 2.88. The molecule has 0 aliphatic heterocycles. The van der Waals surface area contributed by atoms with Crippen molar-refractivity contribution in [3.05, 3.63) is 23.7 Å². The van der Waals surface area contributed by atoms with Crippen molar-refractivity contribution in [2.24, 2.45) is 11.7 Å². The maximum Gasteiger partial charge on any atom is 0.256 e. The molecule has 17 heavy (non-hydrogen) atoms. The Balaban J connectivity index is 1.93. The van der Waals surface area contributed by atoms with E-state index in [2.05, 4.69) is 0 Å². The first-order valence-corrected chi connectivity index (χ1v) is 6.23. The summed E-state index contributed by atoms with van der Waals surface area (Å²) in [6.07, 6.45) is 6.59. The van der Waals surface area contributed by atoms with Crippen molar-refractivity contribution >= 4 is 5.91 Å². The molecule has 1 aliphatic carbocycles. The maximum absolute atomic E-state index is 12.1.